The number of carboxylic acid groups (broad SMARTS) is 1. The van der Waals surface area contributed by atoms with Crippen LogP contribution in [0.4, 0.5) is 21.8 Å². The highest BCUT2D eigenvalue weighted by molar-refractivity contribution is 6.31. The lowest BCUT2D eigenvalue weighted by atomic mass is 10.1. The molecule has 0 saturated carbocycles. The number of carbonyl (C=O) groups is 1. The monoisotopic (exact) mass is 467 g/mol. The summed E-state index contributed by atoms with van der Waals surface area (Å²) in [6.07, 6.45) is 1.72. The molecule has 1 aliphatic heterocycles. The van der Waals surface area contributed by atoms with Crippen LogP contribution in [-0.4, -0.2) is 52.3 Å². The molecule has 0 amide bonds. The van der Waals surface area contributed by atoms with E-state index in [9.17, 15) is 14.3 Å². The highest BCUT2D eigenvalue weighted by Gasteiger charge is 2.20. The summed E-state index contributed by atoms with van der Waals surface area (Å²) in [6, 6.07) is 11.6. The maximum Gasteiger partial charge on any atom is 0.352 e. The number of hydrogen-bond donors (Lipinski definition) is 3. The van der Waals surface area contributed by atoms with Gasteiger partial charge in [-0.2, -0.15) is 4.98 Å². The lowest BCUT2D eigenvalue weighted by Gasteiger charge is -2.29. The molecule has 168 valence electrons. The zero-order valence-corrected chi connectivity index (χ0v) is 18.1. The van der Waals surface area contributed by atoms with E-state index in [-0.39, 0.29) is 10.7 Å². The number of halogens is 2. The topological polar surface area (TPSA) is 103 Å². The molecule has 0 atom stereocenters. The first-order valence-electron chi connectivity index (χ1n) is 10.3. The van der Waals surface area contributed by atoms with E-state index >= 15 is 0 Å². The Bertz CT molecular complexity index is 1350. The summed E-state index contributed by atoms with van der Waals surface area (Å²) in [7, 11) is 0. The maximum atomic E-state index is 13.5. The van der Waals surface area contributed by atoms with Crippen molar-refractivity contribution in [2.45, 2.75) is 0 Å². The van der Waals surface area contributed by atoms with Crippen LogP contribution in [0, 0.1) is 5.82 Å². The van der Waals surface area contributed by atoms with Crippen molar-refractivity contribution in [3.8, 4) is 11.1 Å². The average molecular weight is 468 g/mol. The van der Waals surface area contributed by atoms with E-state index < -0.39 is 11.8 Å². The third-order valence-electron chi connectivity index (χ3n) is 5.42. The van der Waals surface area contributed by atoms with Crippen LogP contribution in [-0.2, 0) is 4.74 Å². The summed E-state index contributed by atoms with van der Waals surface area (Å²) >= 11 is 5.89. The largest absolute Gasteiger partial charge is 0.477 e. The van der Waals surface area contributed by atoms with Crippen LogP contribution in [0.2, 0.25) is 5.02 Å². The molecular formula is C23H19ClFN5O3. The fraction of sp³-hybridized carbons (Fsp3) is 0.174. The molecule has 0 unspecified atom stereocenters. The Morgan fingerprint density at radius 3 is 2.76 bits per heavy atom. The molecule has 1 fully saturated rings. The van der Waals surface area contributed by atoms with E-state index in [0.717, 1.165) is 27.8 Å². The molecule has 5 rings (SSSR count). The molecule has 2 aromatic carbocycles. The van der Waals surface area contributed by atoms with Gasteiger partial charge in [-0.15, -0.1) is 0 Å². The molecule has 0 aliphatic carbocycles. The number of ether oxygens (including phenoxy) is 1. The van der Waals surface area contributed by atoms with Gasteiger partial charge in [0, 0.05) is 41.4 Å². The lowest BCUT2D eigenvalue weighted by molar-refractivity contribution is 0.0691. The molecule has 0 bridgehead atoms. The molecular weight excluding hydrogens is 449 g/mol. The lowest BCUT2D eigenvalue weighted by Crippen LogP contribution is -2.37. The quantitative estimate of drug-likeness (QED) is 0.391. The van der Waals surface area contributed by atoms with Crippen LogP contribution in [0.15, 0.2) is 48.7 Å². The number of aromatic amines is 1. The van der Waals surface area contributed by atoms with Crippen molar-refractivity contribution in [1.82, 2.24) is 15.0 Å². The SMILES string of the molecule is O=C(O)c1cc2cc(-c3cnc(Nc4ccc(F)c(Cl)c4)nc3N3CCOCC3)ccc2[nH]1. The van der Waals surface area contributed by atoms with Crippen molar-refractivity contribution >= 4 is 45.9 Å². The first-order chi connectivity index (χ1) is 16.0. The fourth-order valence-corrected chi connectivity index (χ4v) is 3.95. The molecule has 3 heterocycles. The van der Waals surface area contributed by atoms with E-state index in [0.29, 0.717) is 37.9 Å². The second-order valence-electron chi connectivity index (χ2n) is 7.57. The minimum atomic E-state index is -1.01. The number of rotatable bonds is 5. The molecule has 2 aromatic heterocycles. The smallest absolute Gasteiger partial charge is 0.352 e. The van der Waals surface area contributed by atoms with Gasteiger partial charge in [0.05, 0.1) is 18.2 Å². The normalized spacial score (nSPS) is 13.9. The molecule has 33 heavy (non-hydrogen) atoms. The van der Waals surface area contributed by atoms with Crippen LogP contribution in [0.3, 0.4) is 0 Å². The highest BCUT2D eigenvalue weighted by Crippen LogP contribution is 2.33. The van der Waals surface area contributed by atoms with E-state index in [2.05, 4.69) is 20.2 Å². The van der Waals surface area contributed by atoms with E-state index in [4.69, 9.17) is 21.3 Å². The number of nitrogens with one attached hydrogen (secondary N) is 2. The number of benzene rings is 2. The summed E-state index contributed by atoms with van der Waals surface area (Å²) in [4.78, 5) is 25.5. The number of hydrogen-bond acceptors (Lipinski definition) is 6. The van der Waals surface area contributed by atoms with Gasteiger partial charge in [0.15, 0.2) is 0 Å². The third-order valence-corrected chi connectivity index (χ3v) is 5.71. The van der Waals surface area contributed by atoms with Gasteiger partial charge in [-0.05, 0) is 42.0 Å². The van der Waals surface area contributed by atoms with Crippen LogP contribution in [0.5, 0.6) is 0 Å². The van der Waals surface area contributed by atoms with Gasteiger partial charge in [0.2, 0.25) is 5.95 Å². The first kappa shape index (κ1) is 21.2. The maximum absolute atomic E-state index is 13.5. The summed E-state index contributed by atoms with van der Waals surface area (Å²) in [5, 5.41) is 13.1. The molecule has 1 saturated heterocycles. The van der Waals surface area contributed by atoms with Crippen molar-refractivity contribution in [1.29, 1.82) is 0 Å². The van der Waals surface area contributed by atoms with Gasteiger partial charge >= 0.3 is 5.97 Å². The van der Waals surface area contributed by atoms with E-state index in [1.807, 2.05) is 18.2 Å². The fourth-order valence-electron chi connectivity index (χ4n) is 3.77. The Hall–Kier alpha value is -3.69. The average Bonchev–Trinajstić information content (AvgIpc) is 3.26. The van der Waals surface area contributed by atoms with E-state index in [1.165, 1.54) is 12.1 Å². The molecule has 0 radical (unpaired) electrons. The Morgan fingerprint density at radius 1 is 1.18 bits per heavy atom. The number of morpholine rings is 1. The molecule has 0 spiro atoms. The number of aromatic carboxylic acids is 1. The molecule has 3 N–H and O–H groups in total. The number of carboxylic acids is 1. The Kier molecular flexibility index (Phi) is 5.57. The molecule has 4 aromatic rings. The second-order valence-corrected chi connectivity index (χ2v) is 7.98. The van der Waals surface area contributed by atoms with Crippen molar-refractivity contribution in [2.75, 3.05) is 36.5 Å². The van der Waals surface area contributed by atoms with Gasteiger partial charge in [-0.25, -0.2) is 14.2 Å². The van der Waals surface area contributed by atoms with Crippen LogP contribution >= 0.6 is 11.6 Å². The summed E-state index contributed by atoms with van der Waals surface area (Å²) in [6.45, 7) is 2.50. The van der Waals surface area contributed by atoms with E-state index in [1.54, 1.807) is 18.3 Å². The number of nitrogens with zero attached hydrogens (tertiary/aromatic N) is 3. The van der Waals surface area contributed by atoms with Gasteiger partial charge in [-0.3, -0.25) is 0 Å². The predicted octanol–water partition coefficient (Wildman–Crippen LogP) is 4.70. The van der Waals surface area contributed by atoms with Crippen molar-refractivity contribution in [3.63, 3.8) is 0 Å². The molecule has 8 nitrogen and oxygen atoms in total. The van der Waals surface area contributed by atoms with Crippen molar-refractivity contribution in [2.24, 2.45) is 0 Å². The van der Waals surface area contributed by atoms with Crippen LogP contribution in [0.1, 0.15) is 10.5 Å². The predicted molar refractivity (Wildman–Crippen MR) is 124 cm³/mol. The van der Waals surface area contributed by atoms with Gasteiger partial charge in [0.25, 0.3) is 0 Å². The van der Waals surface area contributed by atoms with Crippen LogP contribution < -0.4 is 10.2 Å². The highest BCUT2D eigenvalue weighted by atomic mass is 35.5. The number of anilines is 3. The zero-order chi connectivity index (χ0) is 22.9. The summed E-state index contributed by atoms with van der Waals surface area (Å²) < 4.78 is 19.0. The van der Waals surface area contributed by atoms with Crippen LogP contribution in [0.25, 0.3) is 22.0 Å². The third kappa shape index (κ3) is 4.33. The minimum Gasteiger partial charge on any atom is -0.477 e. The Balaban J connectivity index is 1.55. The van der Waals surface area contributed by atoms with Gasteiger partial charge in [-0.1, -0.05) is 17.7 Å². The molecule has 10 heteroatoms. The number of fused-ring (bicyclic) bond motifs is 1. The second kappa shape index (κ2) is 8.68. The zero-order valence-electron chi connectivity index (χ0n) is 17.3. The first-order valence-corrected chi connectivity index (χ1v) is 10.6. The number of aromatic nitrogens is 3. The van der Waals surface area contributed by atoms with Crippen molar-refractivity contribution in [3.05, 3.63) is 65.2 Å². The Morgan fingerprint density at radius 2 is 2.00 bits per heavy atom. The Labute approximate surface area is 193 Å². The minimum absolute atomic E-state index is 0.00515. The number of H-pyrrole nitrogens is 1. The van der Waals surface area contributed by atoms with Gasteiger partial charge in [0.1, 0.15) is 17.3 Å². The van der Waals surface area contributed by atoms with Crippen molar-refractivity contribution < 1.29 is 19.0 Å². The summed E-state index contributed by atoms with van der Waals surface area (Å²) in [5.74, 6) is -0.448. The molecule has 1 aliphatic rings. The summed E-state index contributed by atoms with van der Waals surface area (Å²) in [5.41, 5.74) is 3.09. The standard InChI is InChI=1S/C23H19ClFN5O3/c24-17-11-15(2-3-18(17)25)27-23-26-12-16(21(29-23)30-5-7-33-8-6-30)13-1-4-19-14(9-13)10-20(28-19)22(31)32/h1-4,9-12,28H,5-8H2,(H,31,32)(H,26,27,29). The van der Waals surface area contributed by atoms with Gasteiger partial charge < -0.3 is 25.0 Å².